The molecule has 0 saturated carbocycles. The van der Waals surface area contributed by atoms with Crippen molar-refractivity contribution in [1.29, 1.82) is 0 Å². The van der Waals surface area contributed by atoms with Gasteiger partial charge in [-0.3, -0.25) is 4.79 Å². The molecule has 0 N–H and O–H groups in total. The summed E-state index contributed by atoms with van der Waals surface area (Å²) in [6, 6.07) is 0.300. The molecule has 0 amide bonds. The summed E-state index contributed by atoms with van der Waals surface area (Å²) < 4.78 is 55.1. The molecule has 1 aromatic heterocycles. The summed E-state index contributed by atoms with van der Waals surface area (Å²) in [5.41, 5.74) is -1.60. The van der Waals surface area contributed by atoms with Gasteiger partial charge in [0.2, 0.25) is 0 Å². The monoisotopic (exact) mass is 251 g/mol. The van der Waals surface area contributed by atoms with Gasteiger partial charge in [-0.15, -0.1) is 0 Å². The van der Waals surface area contributed by atoms with Gasteiger partial charge in [-0.1, -0.05) is 0 Å². The minimum absolute atomic E-state index is 0.0530. The Bertz CT molecular complexity index is 423. The van der Waals surface area contributed by atoms with Crippen molar-refractivity contribution in [2.24, 2.45) is 0 Å². The molecule has 0 unspecified atom stereocenters. The molecule has 0 aliphatic heterocycles. The van der Waals surface area contributed by atoms with Crippen molar-refractivity contribution < 1.29 is 27.1 Å². The summed E-state index contributed by atoms with van der Waals surface area (Å²) in [5.74, 6) is -3.73. The second kappa shape index (κ2) is 5.60. The number of halogens is 4. The molecule has 0 aliphatic carbocycles. The van der Waals surface area contributed by atoms with Gasteiger partial charge in [0, 0.05) is 6.07 Å². The number of pyridine rings is 1. The molecule has 1 aromatic rings. The predicted molar refractivity (Wildman–Crippen MR) is 49.4 cm³/mol. The van der Waals surface area contributed by atoms with E-state index in [0.717, 1.165) is 0 Å². The summed E-state index contributed by atoms with van der Waals surface area (Å²) in [7, 11) is 0. The smallest absolute Gasteiger partial charge is 0.311 e. The number of hydrogen-bond acceptors (Lipinski definition) is 3. The summed E-state index contributed by atoms with van der Waals surface area (Å²) in [4.78, 5) is 14.2. The van der Waals surface area contributed by atoms with Crippen molar-refractivity contribution in [3.8, 4) is 0 Å². The van der Waals surface area contributed by atoms with Crippen molar-refractivity contribution in [1.82, 2.24) is 4.98 Å². The third-order valence-electron chi connectivity index (χ3n) is 1.84. The third-order valence-corrected chi connectivity index (χ3v) is 1.84. The van der Waals surface area contributed by atoms with E-state index < -0.39 is 41.8 Å². The van der Waals surface area contributed by atoms with Crippen molar-refractivity contribution in [2.45, 2.75) is 19.8 Å². The van der Waals surface area contributed by atoms with Gasteiger partial charge in [0.05, 0.1) is 18.7 Å². The Hall–Kier alpha value is -1.66. The highest BCUT2D eigenvalue weighted by Gasteiger charge is 2.19. The summed E-state index contributed by atoms with van der Waals surface area (Å²) in [6.45, 7) is 1.58. The van der Waals surface area contributed by atoms with Crippen LogP contribution in [0.1, 0.15) is 24.7 Å². The maximum atomic E-state index is 13.2. The molecule has 94 valence electrons. The summed E-state index contributed by atoms with van der Waals surface area (Å²) in [6.07, 6.45) is -3.72. The van der Waals surface area contributed by atoms with E-state index in [1.165, 1.54) is 6.92 Å². The van der Waals surface area contributed by atoms with E-state index in [2.05, 4.69) is 9.72 Å². The molecule has 7 heteroatoms. The number of nitrogens with zero attached hydrogens (tertiary/aromatic N) is 1. The number of esters is 1. The van der Waals surface area contributed by atoms with Crippen LogP contribution >= 0.6 is 0 Å². The van der Waals surface area contributed by atoms with Crippen LogP contribution < -0.4 is 0 Å². The second-order valence-electron chi connectivity index (χ2n) is 3.07. The van der Waals surface area contributed by atoms with Gasteiger partial charge >= 0.3 is 5.97 Å². The van der Waals surface area contributed by atoms with Crippen LogP contribution in [0, 0.1) is 11.6 Å². The fourth-order valence-corrected chi connectivity index (χ4v) is 1.15. The lowest BCUT2D eigenvalue weighted by Gasteiger charge is -2.06. The first kappa shape index (κ1) is 13.4. The first-order valence-corrected chi connectivity index (χ1v) is 4.74. The average Bonchev–Trinajstić information content (AvgIpc) is 2.24. The Kier molecular flexibility index (Phi) is 4.42. The van der Waals surface area contributed by atoms with Crippen LogP contribution in [0.15, 0.2) is 6.07 Å². The largest absolute Gasteiger partial charge is 0.466 e. The molecule has 1 heterocycles. The summed E-state index contributed by atoms with van der Waals surface area (Å²) >= 11 is 0. The molecule has 0 spiro atoms. The molecule has 17 heavy (non-hydrogen) atoms. The van der Waals surface area contributed by atoms with Gasteiger partial charge < -0.3 is 4.74 Å². The van der Waals surface area contributed by atoms with Crippen molar-refractivity contribution in [2.75, 3.05) is 6.61 Å². The molecule has 3 nitrogen and oxygen atoms in total. The van der Waals surface area contributed by atoms with E-state index in [4.69, 9.17) is 0 Å². The number of carbonyl (C=O) groups is 1. The van der Waals surface area contributed by atoms with E-state index >= 15 is 0 Å². The van der Waals surface area contributed by atoms with Crippen LogP contribution in [0.5, 0.6) is 0 Å². The minimum atomic E-state index is -3.04. The van der Waals surface area contributed by atoms with Crippen LogP contribution in [0.25, 0.3) is 0 Å². The minimum Gasteiger partial charge on any atom is -0.466 e. The highest BCUT2D eigenvalue weighted by atomic mass is 19.3. The van der Waals surface area contributed by atoms with Gasteiger partial charge in [-0.2, -0.15) is 0 Å². The number of alkyl halides is 2. The Morgan fingerprint density at radius 2 is 2.12 bits per heavy atom. The second-order valence-corrected chi connectivity index (χ2v) is 3.07. The quantitative estimate of drug-likeness (QED) is 0.609. The number of rotatable bonds is 4. The molecule has 0 atom stereocenters. The predicted octanol–water partition coefficient (Wildman–Crippen LogP) is 2.40. The molecule has 0 bridgehead atoms. The van der Waals surface area contributed by atoms with E-state index in [9.17, 15) is 22.4 Å². The standard InChI is InChI=1S/C10H9F4NO2/c1-2-17-8(16)4-6-9(12)5(11)3-7(15-6)10(13)14/h3,10H,2,4H2,1H3. The molecule has 1 rings (SSSR count). The van der Waals surface area contributed by atoms with Crippen LogP contribution in [-0.2, 0) is 16.0 Å². The first-order chi connectivity index (χ1) is 7.95. The lowest BCUT2D eigenvalue weighted by molar-refractivity contribution is -0.142. The molecular formula is C10H9F4NO2. The molecular weight excluding hydrogens is 242 g/mol. The molecule has 0 fully saturated rings. The lowest BCUT2D eigenvalue weighted by Crippen LogP contribution is -2.12. The Labute approximate surface area is 94.4 Å². The van der Waals surface area contributed by atoms with E-state index in [0.29, 0.717) is 6.07 Å². The number of hydrogen-bond donors (Lipinski definition) is 0. The topological polar surface area (TPSA) is 39.2 Å². The Morgan fingerprint density at radius 3 is 2.65 bits per heavy atom. The maximum Gasteiger partial charge on any atom is 0.311 e. The van der Waals surface area contributed by atoms with Gasteiger partial charge in [0.25, 0.3) is 6.43 Å². The van der Waals surface area contributed by atoms with Crippen LogP contribution in [-0.4, -0.2) is 17.6 Å². The fraction of sp³-hybridized carbons (Fsp3) is 0.400. The average molecular weight is 251 g/mol. The Morgan fingerprint density at radius 1 is 1.47 bits per heavy atom. The Balaban J connectivity index is 3.01. The highest BCUT2D eigenvalue weighted by molar-refractivity contribution is 5.72. The van der Waals surface area contributed by atoms with Gasteiger partial charge in [-0.25, -0.2) is 22.5 Å². The number of carbonyl (C=O) groups excluding carboxylic acids is 1. The molecule has 0 aromatic carbocycles. The van der Waals surface area contributed by atoms with Crippen molar-refractivity contribution >= 4 is 5.97 Å². The molecule has 0 aliphatic rings. The third kappa shape index (κ3) is 3.40. The van der Waals surface area contributed by atoms with Gasteiger partial charge in [0.15, 0.2) is 11.6 Å². The van der Waals surface area contributed by atoms with Crippen LogP contribution in [0.4, 0.5) is 17.6 Å². The zero-order valence-corrected chi connectivity index (χ0v) is 8.84. The fourth-order valence-electron chi connectivity index (χ4n) is 1.15. The van der Waals surface area contributed by atoms with Crippen molar-refractivity contribution in [3.63, 3.8) is 0 Å². The zero-order chi connectivity index (χ0) is 13.0. The summed E-state index contributed by atoms with van der Waals surface area (Å²) in [5, 5.41) is 0. The normalized spacial score (nSPS) is 10.7. The highest BCUT2D eigenvalue weighted by Crippen LogP contribution is 2.20. The van der Waals surface area contributed by atoms with E-state index in [1.54, 1.807) is 0 Å². The van der Waals surface area contributed by atoms with Crippen LogP contribution in [0.3, 0.4) is 0 Å². The van der Waals surface area contributed by atoms with Crippen LogP contribution in [0.2, 0.25) is 0 Å². The molecule has 0 radical (unpaired) electrons. The van der Waals surface area contributed by atoms with E-state index in [-0.39, 0.29) is 6.61 Å². The maximum absolute atomic E-state index is 13.2. The van der Waals surface area contributed by atoms with E-state index in [1.807, 2.05) is 0 Å². The van der Waals surface area contributed by atoms with Gasteiger partial charge in [0.1, 0.15) is 5.69 Å². The van der Waals surface area contributed by atoms with Crippen molar-refractivity contribution in [3.05, 3.63) is 29.1 Å². The van der Waals surface area contributed by atoms with Gasteiger partial charge in [-0.05, 0) is 6.92 Å². The first-order valence-electron chi connectivity index (χ1n) is 4.74. The number of ether oxygens (including phenoxy) is 1. The SMILES string of the molecule is CCOC(=O)Cc1nc(C(F)F)cc(F)c1F. The zero-order valence-electron chi connectivity index (χ0n) is 8.84. The number of aromatic nitrogens is 1. The lowest BCUT2D eigenvalue weighted by atomic mass is 10.2. The molecule has 0 saturated heterocycles.